The molecule has 0 spiro atoms. The smallest absolute Gasteiger partial charge is 0.330 e. The second-order valence-electron chi connectivity index (χ2n) is 7.33. The van der Waals surface area contributed by atoms with Gasteiger partial charge in [0.2, 0.25) is 5.91 Å². The maximum atomic E-state index is 12.7. The molecule has 0 radical (unpaired) electrons. The van der Waals surface area contributed by atoms with E-state index < -0.39 is 12.1 Å². The summed E-state index contributed by atoms with van der Waals surface area (Å²) >= 11 is 0. The third kappa shape index (κ3) is 3.25. The fourth-order valence-electron chi connectivity index (χ4n) is 3.78. The van der Waals surface area contributed by atoms with Gasteiger partial charge < -0.3 is 20.9 Å². The molecule has 9 nitrogen and oxygen atoms in total. The number of nitrogens with one attached hydrogen (secondary N) is 1. The third-order valence-electron chi connectivity index (χ3n) is 5.23. The van der Waals surface area contributed by atoms with Gasteiger partial charge >= 0.3 is 12.1 Å². The molecule has 0 bridgehead atoms. The summed E-state index contributed by atoms with van der Waals surface area (Å²) in [5.41, 5.74) is 6.10. The minimum atomic E-state index is -0.694. The number of aryl methyl sites for hydroxylation is 1. The maximum absolute atomic E-state index is 12.7. The van der Waals surface area contributed by atoms with E-state index in [4.69, 9.17) is 5.73 Å². The van der Waals surface area contributed by atoms with Gasteiger partial charge in [0.1, 0.15) is 11.9 Å². The van der Waals surface area contributed by atoms with Crippen molar-refractivity contribution in [3.05, 3.63) is 17.7 Å². The number of likely N-dealkylation sites (tertiary alicyclic amines) is 1. The highest BCUT2D eigenvalue weighted by molar-refractivity contribution is 5.87. The van der Waals surface area contributed by atoms with Crippen LogP contribution >= 0.6 is 0 Å². The van der Waals surface area contributed by atoms with Crippen LogP contribution in [0, 0.1) is 12.8 Å². The number of aromatic nitrogens is 2. The number of fused-ring (bicyclic) bond motifs is 1. The molecule has 4 amide bonds. The molecule has 2 aliphatic heterocycles. The predicted molar refractivity (Wildman–Crippen MR) is 94.2 cm³/mol. The molecule has 9 heteroatoms. The van der Waals surface area contributed by atoms with Crippen molar-refractivity contribution in [2.24, 2.45) is 11.7 Å². The SMILES string of the molecule is Cc1ncc2n1C(=O)N(C1CCN(C(=O)[C@H](NC(N)=O)C(C)C)CC1)C2. The number of carbonyl (C=O) groups is 3. The monoisotopic (exact) mass is 362 g/mol. The Hall–Kier alpha value is -2.58. The number of nitrogens with two attached hydrogens (primary N) is 1. The van der Waals surface area contributed by atoms with E-state index in [0.29, 0.717) is 25.5 Å². The minimum Gasteiger partial charge on any atom is -0.352 e. The fourth-order valence-corrected chi connectivity index (χ4v) is 3.78. The number of imidazole rings is 1. The van der Waals surface area contributed by atoms with Crippen LogP contribution < -0.4 is 11.1 Å². The first-order valence-corrected chi connectivity index (χ1v) is 8.98. The molecule has 26 heavy (non-hydrogen) atoms. The standard InChI is InChI=1S/C17H26N6O3/c1-10(2)14(20-16(18)25)15(24)21-6-4-12(5-7-21)22-9-13-8-19-11(3)23(13)17(22)26/h8,10,12,14H,4-7,9H2,1-3H3,(H3,18,20,25)/t14-/m1/s1. The van der Waals surface area contributed by atoms with Crippen LogP contribution in [0.15, 0.2) is 6.20 Å². The number of nitrogens with zero attached hydrogens (tertiary/aromatic N) is 4. The van der Waals surface area contributed by atoms with Gasteiger partial charge in [-0.25, -0.2) is 14.6 Å². The van der Waals surface area contributed by atoms with Crippen molar-refractivity contribution in [3.63, 3.8) is 0 Å². The van der Waals surface area contributed by atoms with Crippen molar-refractivity contribution in [1.82, 2.24) is 24.7 Å². The van der Waals surface area contributed by atoms with Gasteiger partial charge in [-0.15, -0.1) is 0 Å². The van der Waals surface area contributed by atoms with Crippen molar-refractivity contribution >= 4 is 18.0 Å². The Balaban J connectivity index is 1.60. The van der Waals surface area contributed by atoms with Crippen LogP contribution in [-0.2, 0) is 11.3 Å². The van der Waals surface area contributed by atoms with Crippen LogP contribution in [-0.4, -0.2) is 62.5 Å². The summed E-state index contributed by atoms with van der Waals surface area (Å²) in [6, 6.07) is -1.24. The van der Waals surface area contributed by atoms with Gasteiger partial charge in [0.05, 0.1) is 18.4 Å². The van der Waals surface area contributed by atoms with E-state index in [1.165, 1.54) is 0 Å². The fraction of sp³-hybridized carbons (Fsp3) is 0.647. The highest BCUT2D eigenvalue weighted by Gasteiger charge is 2.37. The van der Waals surface area contributed by atoms with Gasteiger partial charge in [0, 0.05) is 19.1 Å². The van der Waals surface area contributed by atoms with Crippen LogP contribution in [0.1, 0.15) is 38.2 Å². The molecule has 1 atom stereocenters. The van der Waals surface area contributed by atoms with E-state index in [1.807, 2.05) is 25.7 Å². The molecule has 1 saturated heterocycles. The normalized spacial score (nSPS) is 19.0. The first-order valence-electron chi connectivity index (χ1n) is 8.98. The van der Waals surface area contributed by atoms with E-state index in [0.717, 1.165) is 18.5 Å². The molecule has 0 unspecified atom stereocenters. The van der Waals surface area contributed by atoms with E-state index in [9.17, 15) is 14.4 Å². The second-order valence-corrected chi connectivity index (χ2v) is 7.33. The minimum absolute atomic E-state index is 0.0322. The van der Waals surface area contributed by atoms with Crippen LogP contribution in [0.3, 0.4) is 0 Å². The number of piperidine rings is 1. The Labute approximate surface area is 152 Å². The van der Waals surface area contributed by atoms with Gasteiger partial charge in [-0.2, -0.15) is 0 Å². The Morgan fingerprint density at radius 3 is 2.50 bits per heavy atom. The van der Waals surface area contributed by atoms with E-state index in [-0.39, 0.29) is 23.9 Å². The lowest BCUT2D eigenvalue weighted by molar-refractivity contribution is -0.135. The molecule has 1 aromatic heterocycles. The van der Waals surface area contributed by atoms with Crippen LogP contribution in [0.4, 0.5) is 9.59 Å². The van der Waals surface area contributed by atoms with Gasteiger partial charge in [-0.3, -0.25) is 9.36 Å². The van der Waals surface area contributed by atoms with Crippen molar-refractivity contribution in [1.29, 1.82) is 0 Å². The van der Waals surface area contributed by atoms with Crippen LogP contribution in [0.2, 0.25) is 0 Å². The summed E-state index contributed by atoms with van der Waals surface area (Å²) in [4.78, 5) is 44.3. The number of primary amides is 1. The van der Waals surface area contributed by atoms with Gasteiger partial charge in [0.15, 0.2) is 0 Å². The summed E-state index contributed by atoms with van der Waals surface area (Å²) < 4.78 is 1.66. The van der Waals surface area contributed by atoms with E-state index >= 15 is 0 Å². The zero-order valence-corrected chi connectivity index (χ0v) is 15.4. The molecule has 3 heterocycles. The molecule has 142 valence electrons. The molecule has 1 fully saturated rings. The molecule has 3 rings (SSSR count). The van der Waals surface area contributed by atoms with Crippen LogP contribution in [0.25, 0.3) is 0 Å². The lowest BCUT2D eigenvalue weighted by atomic mass is 9.99. The molecule has 3 N–H and O–H groups in total. The van der Waals surface area contributed by atoms with Crippen molar-refractivity contribution in [2.45, 2.75) is 52.2 Å². The van der Waals surface area contributed by atoms with Crippen molar-refractivity contribution < 1.29 is 14.4 Å². The average molecular weight is 362 g/mol. The number of hydrogen-bond acceptors (Lipinski definition) is 4. The first kappa shape index (κ1) is 18.2. The average Bonchev–Trinajstić information content (AvgIpc) is 3.12. The molecule has 0 saturated carbocycles. The maximum Gasteiger partial charge on any atom is 0.330 e. The lowest BCUT2D eigenvalue weighted by Gasteiger charge is -2.38. The Kier molecular flexibility index (Phi) is 4.88. The van der Waals surface area contributed by atoms with Crippen LogP contribution in [0.5, 0.6) is 0 Å². The number of hydrogen-bond donors (Lipinski definition) is 2. The van der Waals surface area contributed by atoms with Gasteiger partial charge in [-0.1, -0.05) is 13.8 Å². The number of amides is 4. The summed E-state index contributed by atoms with van der Waals surface area (Å²) in [6.45, 7) is 7.25. The molecule has 2 aliphatic rings. The third-order valence-corrected chi connectivity index (χ3v) is 5.23. The molecular weight excluding hydrogens is 336 g/mol. The second kappa shape index (κ2) is 6.97. The van der Waals surface area contributed by atoms with Gasteiger partial charge in [0.25, 0.3) is 0 Å². The van der Waals surface area contributed by atoms with Gasteiger partial charge in [-0.05, 0) is 25.7 Å². The van der Waals surface area contributed by atoms with E-state index in [2.05, 4.69) is 10.3 Å². The molecule has 0 aromatic carbocycles. The zero-order valence-electron chi connectivity index (χ0n) is 15.4. The highest BCUT2D eigenvalue weighted by Crippen LogP contribution is 2.26. The zero-order chi connectivity index (χ0) is 19.0. The predicted octanol–water partition coefficient (Wildman–Crippen LogP) is 0.659. The Morgan fingerprint density at radius 1 is 1.31 bits per heavy atom. The number of rotatable bonds is 4. The van der Waals surface area contributed by atoms with Crippen molar-refractivity contribution in [2.75, 3.05) is 13.1 Å². The van der Waals surface area contributed by atoms with E-state index in [1.54, 1.807) is 15.7 Å². The lowest BCUT2D eigenvalue weighted by Crippen LogP contribution is -2.55. The number of urea groups is 1. The van der Waals surface area contributed by atoms with Crippen molar-refractivity contribution in [3.8, 4) is 0 Å². The highest BCUT2D eigenvalue weighted by atomic mass is 16.2. The summed E-state index contributed by atoms with van der Waals surface area (Å²) in [7, 11) is 0. The quantitative estimate of drug-likeness (QED) is 0.819. The molecule has 0 aliphatic carbocycles. The summed E-state index contributed by atoms with van der Waals surface area (Å²) in [5.74, 6) is 0.544. The topological polar surface area (TPSA) is 114 Å². The largest absolute Gasteiger partial charge is 0.352 e. The summed E-state index contributed by atoms with van der Waals surface area (Å²) in [5, 5.41) is 2.54. The Morgan fingerprint density at radius 2 is 1.96 bits per heavy atom. The number of carbonyl (C=O) groups excluding carboxylic acids is 3. The molecule has 1 aromatic rings. The molecular formula is C17H26N6O3. The summed E-state index contributed by atoms with van der Waals surface area (Å²) in [6.07, 6.45) is 3.18. The first-order chi connectivity index (χ1) is 12.3. The Bertz CT molecular complexity index is 720.